The van der Waals surface area contributed by atoms with Crippen molar-refractivity contribution in [3.63, 3.8) is 0 Å². The maximum Gasteiger partial charge on any atom is 0.130 e. The van der Waals surface area contributed by atoms with E-state index < -0.39 is 11.6 Å². The molecule has 1 nitrogen and oxygen atoms in total. The molecule has 110 valence electrons. The van der Waals surface area contributed by atoms with Gasteiger partial charge in [-0.3, -0.25) is 4.90 Å². The third-order valence-electron chi connectivity index (χ3n) is 4.01. The zero-order chi connectivity index (χ0) is 14.8. The van der Waals surface area contributed by atoms with Crippen molar-refractivity contribution in [1.29, 1.82) is 0 Å². The molecule has 21 heavy (non-hydrogen) atoms. The summed E-state index contributed by atoms with van der Waals surface area (Å²) in [5, 5.41) is 0.716. The molecule has 0 amide bonds. The lowest BCUT2D eigenvalue weighted by atomic mass is 10.0. The van der Waals surface area contributed by atoms with Crippen LogP contribution in [0.4, 0.5) is 8.78 Å². The Balaban J connectivity index is 1.79. The van der Waals surface area contributed by atoms with Crippen LogP contribution < -0.4 is 0 Å². The second-order valence-electron chi connectivity index (χ2n) is 5.42. The van der Waals surface area contributed by atoms with Gasteiger partial charge in [-0.25, -0.2) is 8.78 Å². The predicted molar refractivity (Wildman–Crippen MR) is 80.2 cm³/mol. The van der Waals surface area contributed by atoms with E-state index in [1.165, 1.54) is 17.7 Å². The van der Waals surface area contributed by atoms with Gasteiger partial charge in [0.05, 0.1) is 0 Å². The molecule has 0 spiro atoms. The average Bonchev–Trinajstić information content (AvgIpc) is 2.91. The lowest BCUT2D eigenvalue weighted by Gasteiger charge is -2.25. The Bertz CT molecular complexity index is 627. The SMILES string of the molecule is Fc1ccc(CN2CCC[C@H]2c2ccc(Cl)cc2)c(F)c1. The van der Waals surface area contributed by atoms with Gasteiger partial charge in [-0.05, 0) is 43.1 Å². The van der Waals surface area contributed by atoms with Crippen LogP contribution >= 0.6 is 11.6 Å². The first-order valence-electron chi connectivity index (χ1n) is 7.07. The molecule has 0 bridgehead atoms. The van der Waals surface area contributed by atoms with Crippen LogP contribution in [0.5, 0.6) is 0 Å². The number of nitrogens with zero attached hydrogens (tertiary/aromatic N) is 1. The van der Waals surface area contributed by atoms with Crippen LogP contribution in [0, 0.1) is 11.6 Å². The summed E-state index contributed by atoms with van der Waals surface area (Å²) in [5.74, 6) is -1.01. The molecule has 1 atom stereocenters. The molecule has 2 aromatic carbocycles. The van der Waals surface area contributed by atoms with E-state index in [0.717, 1.165) is 25.5 Å². The Morgan fingerprint density at radius 3 is 2.57 bits per heavy atom. The second-order valence-corrected chi connectivity index (χ2v) is 5.85. The molecule has 0 N–H and O–H groups in total. The zero-order valence-corrected chi connectivity index (χ0v) is 12.3. The molecular formula is C17H16ClF2N. The molecule has 0 aromatic heterocycles. The molecular weight excluding hydrogens is 292 g/mol. The van der Waals surface area contributed by atoms with E-state index in [9.17, 15) is 8.78 Å². The van der Waals surface area contributed by atoms with Crippen molar-refractivity contribution in [2.45, 2.75) is 25.4 Å². The first-order chi connectivity index (χ1) is 10.1. The Kier molecular flexibility index (Phi) is 4.22. The molecule has 4 heteroatoms. The Labute approximate surface area is 128 Å². The molecule has 1 saturated heterocycles. The summed E-state index contributed by atoms with van der Waals surface area (Å²) >= 11 is 5.92. The maximum absolute atomic E-state index is 13.8. The van der Waals surface area contributed by atoms with Crippen molar-refractivity contribution < 1.29 is 8.78 Å². The van der Waals surface area contributed by atoms with Gasteiger partial charge in [-0.15, -0.1) is 0 Å². The number of hydrogen-bond acceptors (Lipinski definition) is 1. The van der Waals surface area contributed by atoms with Crippen LogP contribution in [-0.2, 0) is 6.54 Å². The lowest BCUT2D eigenvalue weighted by Crippen LogP contribution is -2.23. The van der Waals surface area contributed by atoms with Gasteiger partial charge in [-0.1, -0.05) is 29.8 Å². The fraction of sp³-hybridized carbons (Fsp3) is 0.294. The molecule has 1 aliphatic heterocycles. The molecule has 0 unspecified atom stereocenters. The van der Waals surface area contributed by atoms with Crippen molar-refractivity contribution in [2.75, 3.05) is 6.54 Å². The average molecular weight is 308 g/mol. The van der Waals surface area contributed by atoms with Crippen molar-refractivity contribution in [3.8, 4) is 0 Å². The van der Waals surface area contributed by atoms with Crippen molar-refractivity contribution in [1.82, 2.24) is 4.90 Å². The Hall–Kier alpha value is -1.45. The smallest absolute Gasteiger partial charge is 0.130 e. The maximum atomic E-state index is 13.8. The molecule has 1 aliphatic rings. The minimum absolute atomic E-state index is 0.270. The largest absolute Gasteiger partial charge is 0.292 e. The summed E-state index contributed by atoms with van der Waals surface area (Å²) in [4.78, 5) is 2.24. The summed E-state index contributed by atoms with van der Waals surface area (Å²) in [5.41, 5.74) is 1.73. The quantitative estimate of drug-likeness (QED) is 0.775. The van der Waals surface area contributed by atoms with Crippen molar-refractivity contribution in [2.24, 2.45) is 0 Å². The van der Waals surface area contributed by atoms with Gasteiger partial charge in [0, 0.05) is 29.2 Å². The van der Waals surface area contributed by atoms with Gasteiger partial charge in [0.15, 0.2) is 0 Å². The van der Waals surface area contributed by atoms with Crippen molar-refractivity contribution >= 4 is 11.6 Å². The highest BCUT2D eigenvalue weighted by molar-refractivity contribution is 6.30. The summed E-state index contributed by atoms with van der Waals surface area (Å²) in [6, 6.07) is 11.9. The summed E-state index contributed by atoms with van der Waals surface area (Å²) in [6.45, 7) is 1.42. The fourth-order valence-electron chi connectivity index (χ4n) is 2.95. The number of hydrogen-bond donors (Lipinski definition) is 0. The van der Waals surface area contributed by atoms with Gasteiger partial charge in [0.25, 0.3) is 0 Å². The Morgan fingerprint density at radius 2 is 1.86 bits per heavy atom. The van der Waals surface area contributed by atoms with Crippen LogP contribution in [0.1, 0.15) is 30.0 Å². The van der Waals surface area contributed by atoms with Gasteiger partial charge in [-0.2, -0.15) is 0 Å². The van der Waals surface area contributed by atoms with Crippen LogP contribution in [0.3, 0.4) is 0 Å². The normalized spacial score (nSPS) is 19.1. The highest BCUT2D eigenvalue weighted by Gasteiger charge is 2.26. The van der Waals surface area contributed by atoms with Crippen LogP contribution in [0.25, 0.3) is 0 Å². The molecule has 0 aliphatic carbocycles. The third kappa shape index (κ3) is 3.25. The number of rotatable bonds is 3. The number of benzene rings is 2. The molecule has 3 rings (SSSR count). The third-order valence-corrected chi connectivity index (χ3v) is 4.26. The van der Waals surface area contributed by atoms with E-state index in [1.807, 2.05) is 24.3 Å². The van der Waals surface area contributed by atoms with E-state index >= 15 is 0 Å². The first kappa shape index (κ1) is 14.5. The molecule has 0 radical (unpaired) electrons. The van der Waals surface area contributed by atoms with Gasteiger partial charge in [0.2, 0.25) is 0 Å². The van der Waals surface area contributed by atoms with E-state index in [2.05, 4.69) is 4.90 Å². The Morgan fingerprint density at radius 1 is 1.10 bits per heavy atom. The molecule has 1 heterocycles. The summed E-state index contributed by atoms with van der Waals surface area (Å²) in [7, 11) is 0. The highest BCUT2D eigenvalue weighted by Crippen LogP contribution is 2.33. The minimum atomic E-state index is -0.535. The second kappa shape index (κ2) is 6.12. The number of halogens is 3. The van der Waals surface area contributed by atoms with Crippen LogP contribution in [-0.4, -0.2) is 11.4 Å². The highest BCUT2D eigenvalue weighted by atomic mass is 35.5. The van der Waals surface area contributed by atoms with E-state index in [1.54, 1.807) is 0 Å². The topological polar surface area (TPSA) is 3.24 Å². The zero-order valence-electron chi connectivity index (χ0n) is 11.5. The monoisotopic (exact) mass is 307 g/mol. The summed E-state index contributed by atoms with van der Waals surface area (Å²) in [6.07, 6.45) is 2.13. The van der Waals surface area contributed by atoms with E-state index in [0.29, 0.717) is 17.1 Å². The van der Waals surface area contributed by atoms with Crippen LogP contribution in [0.2, 0.25) is 5.02 Å². The number of likely N-dealkylation sites (tertiary alicyclic amines) is 1. The van der Waals surface area contributed by atoms with E-state index in [4.69, 9.17) is 11.6 Å². The lowest BCUT2D eigenvalue weighted by molar-refractivity contribution is 0.245. The van der Waals surface area contributed by atoms with Gasteiger partial charge in [0.1, 0.15) is 11.6 Å². The standard InChI is InChI=1S/C17H16ClF2N/c18-14-6-3-12(4-7-14)17-2-1-9-21(17)11-13-5-8-15(19)10-16(13)20/h3-8,10,17H,1-2,9,11H2/t17-/m0/s1. The van der Waals surface area contributed by atoms with Crippen molar-refractivity contribution in [3.05, 3.63) is 70.2 Å². The fourth-order valence-corrected chi connectivity index (χ4v) is 3.07. The molecule has 0 saturated carbocycles. The minimum Gasteiger partial charge on any atom is -0.292 e. The first-order valence-corrected chi connectivity index (χ1v) is 7.45. The summed E-state index contributed by atoms with van der Waals surface area (Å²) < 4.78 is 26.8. The van der Waals surface area contributed by atoms with Crippen LogP contribution in [0.15, 0.2) is 42.5 Å². The predicted octanol–water partition coefficient (Wildman–Crippen LogP) is 4.96. The van der Waals surface area contributed by atoms with Gasteiger partial charge >= 0.3 is 0 Å². The van der Waals surface area contributed by atoms with E-state index in [-0.39, 0.29) is 6.04 Å². The molecule has 1 fully saturated rings. The molecule has 2 aromatic rings. The van der Waals surface area contributed by atoms with Gasteiger partial charge < -0.3 is 0 Å².